The fourth-order valence-electron chi connectivity index (χ4n) is 1.51. The summed E-state index contributed by atoms with van der Waals surface area (Å²) in [4.78, 5) is 23.3. The maximum absolute atomic E-state index is 11.7. The Kier molecular flexibility index (Phi) is 5.68. The first-order valence-electron chi connectivity index (χ1n) is 6.21. The number of carbonyl (C=O) groups excluding carboxylic acids is 2. The lowest BCUT2D eigenvalue weighted by molar-refractivity contribution is -0.136. The SMILES string of the molecule is O=C(NN=Cc1ccccc1Br)C(=O)Nc1ccc(Cl)cc1. The molecular formula is C15H11BrClN3O2. The van der Waals surface area contributed by atoms with Crippen LogP contribution in [0.2, 0.25) is 5.02 Å². The summed E-state index contributed by atoms with van der Waals surface area (Å²) < 4.78 is 0.832. The topological polar surface area (TPSA) is 70.6 Å². The van der Waals surface area contributed by atoms with E-state index in [1.807, 2.05) is 24.3 Å². The van der Waals surface area contributed by atoms with E-state index in [9.17, 15) is 9.59 Å². The Balaban J connectivity index is 1.90. The van der Waals surface area contributed by atoms with Crippen LogP contribution in [0.3, 0.4) is 0 Å². The number of anilines is 1. The first-order valence-corrected chi connectivity index (χ1v) is 7.38. The Labute approximate surface area is 140 Å². The number of nitrogens with one attached hydrogen (secondary N) is 2. The number of benzene rings is 2. The third-order valence-corrected chi connectivity index (χ3v) is 3.56. The van der Waals surface area contributed by atoms with Crippen LogP contribution < -0.4 is 10.7 Å². The van der Waals surface area contributed by atoms with Crippen molar-refractivity contribution < 1.29 is 9.59 Å². The third kappa shape index (κ3) is 4.68. The maximum Gasteiger partial charge on any atom is 0.329 e. The third-order valence-electron chi connectivity index (χ3n) is 2.58. The van der Waals surface area contributed by atoms with Gasteiger partial charge in [0, 0.05) is 20.7 Å². The number of amides is 2. The van der Waals surface area contributed by atoms with Crippen LogP contribution in [0.15, 0.2) is 58.1 Å². The van der Waals surface area contributed by atoms with Gasteiger partial charge in [-0.05, 0) is 30.3 Å². The average molecular weight is 381 g/mol. The number of nitrogens with zero attached hydrogens (tertiary/aromatic N) is 1. The highest BCUT2D eigenvalue weighted by Gasteiger charge is 2.12. The smallest absolute Gasteiger partial charge is 0.318 e. The zero-order valence-electron chi connectivity index (χ0n) is 11.2. The second-order valence-electron chi connectivity index (χ2n) is 4.18. The summed E-state index contributed by atoms with van der Waals surface area (Å²) in [5, 5.41) is 6.72. The largest absolute Gasteiger partial charge is 0.329 e. The highest BCUT2D eigenvalue weighted by atomic mass is 79.9. The van der Waals surface area contributed by atoms with Crippen molar-refractivity contribution in [1.82, 2.24) is 5.43 Å². The number of carbonyl (C=O) groups is 2. The van der Waals surface area contributed by atoms with E-state index in [-0.39, 0.29) is 0 Å². The van der Waals surface area contributed by atoms with Gasteiger partial charge < -0.3 is 5.32 Å². The summed E-state index contributed by atoms with van der Waals surface area (Å²) in [6.45, 7) is 0. The minimum Gasteiger partial charge on any atom is -0.318 e. The van der Waals surface area contributed by atoms with Gasteiger partial charge >= 0.3 is 11.8 Å². The fourth-order valence-corrected chi connectivity index (χ4v) is 2.03. The van der Waals surface area contributed by atoms with Gasteiger partial charge in [-0.25, -0.2) is 5.43 Å². The van der Waals surface area contributed by atoms with Crippen LogP contribution in [0.5, 0.6) is 0 Å². The molecule has 0 heterocycles. The van der Waals surface area contributed by atoms with E-state index in [0.29, 0.717) is 10.7 Å². The van der Waals surface area contributed by atoms with Crippen molar-refractivity contribution >= 4 is 51.2 Å². The van der Waals surface area contributed by atoms with E-state index in [2.05, 4.69) is 31.8 Å². The summed E-state index contributed by atoms with van der Waals surface area (Å²) in [6.07, 6.45) is 1.44. The molecule has 0 aliphatic rings. The molecule has 2 N–H and O–H groups in total. The predicted molar refractivity (Wildman–Crippen MR) is 90.0 cm³/mol. The van der Waals surface area contributed by atoms with Gasteiger partial charge in [0.05, 0.1) is 6.21 Å². The van der Waals surface area contributed by atoms with Gasteiger partial charge in [-0.3, -0.25) is 9.59 Å². The molecule has 2 aromatic carbocycles. The molecule has 2 amide bonds. The van der Waals surface area contributed by atoms with E-state index in [1.54, 1.807) is 24.3 Å². The van der Waals surface area contributed by atoms with Gasteiger partial charge in [-0.15, -0.1) is 0 Å². The Morgan fingerprint density at radius 2 is 1.73 bits per heavy atom. The van der Waals surface area contributed by atoms with E-state index < -0.39 is 11.8 Å². The molecule has 0 bridgehead atoms. The lowest BCUT2D eigenvalue weighted by Crippen LogP contribution is -2.32. The van der Waals surface area contributed by atoms with Crippen molar-refractivity contribution in [2.75, 3.05) is 5.32 Å². The first kappa shape index (κ1) is 16.2. The van der Waals surface area contributed by atoms with Crippen LogP contribution in [0.1, 0.15) is 5.56 Å². The molecule has 0 aliphatic carbocycles. The molecular weight excluding hydrogens is 370 g/mol. The highest BCUT2D eigenvalue weighted by Crippen LogP contribution is 2.14. The van der Waals surface area contributed by atoms with E-state index in [0.717, 1.165) is 10.0 Å². The monoisotopic (exact) mass is 379 g/mol. The number of rotatable bonds is 3. The second-order valence-corrected chi connectivity index (χ2v) is 5.47. The number of hydrogen-bond acceptors (Lipinski definition) is 3. The van der Waals surface area contributed by atoms with Crippen LogP contribution in [-0.4, -0.2) is 18.0 Å². The molecule has 0 saturated carbocycles. The Morgan fingerprint density at radius 1 is 1.05 bits per heavy atom. The quantitative estimate of drug-likeness (QED) is 0.488. The standard InChI is InChI=1S/C15H11BrClN3O2/c16-13-4-2-1-3-10(13)9-18-20-15(22)14(21)19-12-7-5-11(17)6-8-12/h1-9H,(H,19,21)(H,20,22). The molecule has 22 heavy (non-hydrogen) atoms. The van der Waals surface area contributed by atoms with Gasteiger partial charge in [0.15, 0.2) is 0 Å². The van der Waals surface area contributed by atoms with Gasteiger partial charge in [-0.2, -0.15) is 5.10 Å². The van der Waals surface area contributed by atoms with Crippen molar-refractivity contribution in [2.45, 2.75) is 0 Å². The Bertz CT molecular complexity index is 717. The molecule has 7 heteroatoms. The van der Waals surface area contributed by atoms with E-state index >= 15 is 0 Å². The predicted octanol–water partition coefficient (Wildman–Crippen LogP) is 3.19. The summed E-state index contributed by atoms with van der Waals surface area (Å²) in [5.74, 6) is -1.68. The van der Waals surface area contributed by atoms with Gasteiger partial charge in [-0.1, -0.05) is 45.7 Å². The molecule has 0 atom stereocenters. The zero-order valence-corrected chi connectivity index (χ0v) is 13.6. The molecule has 2 aromatic rings. The summed E-state index contributed by atoms with van der Waals surface area (Å²) in [6, 6.07) is 13.8. The maximum atomic E-state index is 11.7. The fraction of sp³-hybridized carbons (Fsp3) is 0. The molecule has 0 unspecified atom stereocenters. The molecule has 0 radical (unpaired) electrons. The Hall–Kier alpha value is -2.18. The second kappa shape index (κ2) is 7.72. The molecule has 112 valence electrons. The summed E-state index contributed by atoms with van der Waals surface area (Å²) in [7, 11) is 0. The van der Waals surface area contributed by atoms with E-state index in [1.165, 1.54) is 6.21 Å². The molecule has 2 rings (SSSR count). The lowest BCUT2D eigenvalue weighted by Gasteiger charge is -2.03. The molecule has 0 aromatic heterocycles. The molecule has 0 spiro atoms. The number of hydrazone groups is 1. The normalized spacial score (nSPS) is 10.5. The van der Waals surface area contributed by atoms with Crippen molar-refractivity contribution in [3.63, 3.8) is 0 Å². The van der Waals surface area contributed by atoms with Crippen molar-refractivity contribution in [3.8, 4) is 0 Å². The molecule has 0 aliphatic heterocycles. The van der Waals surface area contributed by atoms with Crippen LogP contribution in [0.4, 0.5) is 5.69 Å². The zero-order chi connectivity index (χ0) is 15.9. The molecule has 5 nitrogen and oxygen atoms in total. The van der Waals surface area contributed by atoms with E-state index in [4.69, 9.17) is 11.6 Å². The minimum atomic E-state index is -0.863. The van der Waals surface area contributed by atoms with Crippen LogP contribution in [0.25, 0.3) is 0 Å². The molecule has 0 saturated heterocycles. The van der Waals surface area contributed by atoms with Crippen molar-refractivity contribution in [2.24, 2.45) is 5.10 Å². The summed E-state index contributed by atoms with van der Waals surface area (Å²) >= 11 is 9.08. The number of hydrogen-bond donors (Lipinski definition) is 2. The van der Waals surface area contributed by atoms with Crippen LogP contribution in [0, 0.1) is 0 Å². The van der Waals surface area contributed by atoms with Gasteiger partial charge in [0.2, 0.25) is 0 Å². The van der Waals surface area contributed by atoms with Crippen LogP contribution >= 0.6 is 27.5 Å². The minimum absolute atomic E-state index is 0.472. The van der Waals surface area contributed by atoms with Crippen molar-refractivity contribution in [3.05, 3.63) is 63.6 Å². The summed E-state index contributed by atoms with van der Waals surface area (Å²) in [5.41, 5.74) is 3.41. The highest BCUT2D eigenvalue weighted by molar-refractivity contribution is 9.10. The molecule has 0 fully saturated rings. The van der Waals surface area contributed by atoms with Gasteiger partial charge in [0.1, 0.15) is 0 Å². The van der Waals surface area contributed by atoms with Crippen molar-refractivity contribution in [1.29, 1.82) is 0 Å². The number of halogens is 2. The van der Waals surface area contributed by atoms with Crippen LogP contribution in [-0.2, 0) is 9.59 Å². The van der Waals surface area contributed by atoms with Gasteiger partial charge in [0.25, 0.3) is 0 Å². The Morgan fingerprint density at radius 3 is 2.41 bits per heavy atom. The first-order chi connectivity index (χ1) is 10.6. The average Bonchev–Trinajstić information content (AvgIpc) is 2.51. The lowest BCUT2D eigenvalue weighted by atomic mass is 10.2.